The number of nitrogens with zero attached hydrogens (tertiary/aromatic N) is 1. The highest BCUT2D eigenvalue weighted by Gasteiger charge is 2.32. The van der Waals surface area contributed by atoms with Crippen molar-refractivity contribution in [1.82, 2.24) is 4.90 Å². The lowest BCUT2D eigenvalue weighted by atomic mass is 9.90. The van der Waals surface area contributed by atoms with E-state index in [1.807, 2.05) is 32.8 Å². The molecule has 0 amide bonds. The van der Waals surface area contributed by atoms with Crippen LogP contribution in [0.3, 0.4) is 0 Å². The summed E-state index contributed by atoms with van der Waals surface area (Å²) >= 11 is 5.67. The van der Waals surface area contributed by atoms with Crippen molar-refractivity contribution in [2.24, 2.45) is 0 Å². The highest BCUT2D eigenvalue weighted by Crippen LogP contribution is 2.31. The van der Waals surface area contributed by atoms with Gasteiger partial charge in [-0.05, 0) is 40.1 Å². The number of aliphatic hydroxyl groups is 1. The quantitative estimate of drug-likeness (QED) is 0.885. The van der Waals surface area contributed by atoms with Crippen molar-refractivity contribution in [3.05, 3.63) is 34.6 Å². The fourth-order valence-corrected chi connectivity index (χ4v) is 1.51. The lowest BCUT2D eigenvalue weighted by Crippen LogP contribution is -2.44. The zero-order chi connectivity index (χ0) is 12.5. The van der Waals surface area contributed by atoms with Gasteiger partial charge in [0.15, 0.2) is 0 Å². The molecule has 1 atom stereocenters. The number of aliphatic hydroxyl groups excluding tert-OH is 1. The molecule has 1 rings (SSSR count). The lowest BCUT2D eigenvalue weighted by molar-refractivity contribution is 0.0142. The second kappa shape index (κ2) is 4.70. The predicted octanol–water partition coefficient (Wildman–Crippen LogP) is 2.85. The summed E-state index contributed by atoms with van der Waals surface area (Å²) in [5, 5.41) is 10.5. The van der Waals surface area contributed by atoms with Gasteiger partial charge in [-0.2, -0.15) is 0 Å². The molecule has 2 nitrogen and oxygen atoms in total. The largest absolute Gasteiger partial charge is 0.386 e. The third-order valence-electron chi connectivity index (χ3n) is 3.08. The lowest BCUT2D eigenvalue weighted by Gasteiger charge is -2.37. The van der Waals surface area contributed by atoms with Crippen LogP contribution < -0.4 is 0 Å². The monoisotopic (exact) mass is 245 g/mol. The predicted molar refractivity (Wildman–Crippen MR) is 64.1 cm³/mol. The van der Waals surface area contributed by atoms with Crippen molar-refractivity contribution >= 4 is 11.6 Å². The minimum Gasteiger partial charge on any atom is -0.386 e. The van der Waals surface area contributed by atoms with Gasteiger partial charge >= 0.3 is 0 Å². The van der Waals surface area contributed by atoms with E-state index in [1.165, 1.54) is 12.1 Å². The number of hydrogen-bond acceptors (Lipinski definition) is 2. The van der Waals surface area contributed by atoms with Crippen molar-refractivity contribution in [1.29, 1.82) is 0 Å². The maximum absolute atomic E-state index is 13.6. The molecule has 0 aliphatic heterocycles. The first-order valence-electron chi connectivity index (χ1n) is 5.07. The molecule has 0 spiro atoms. The topological polar surface area (TPSA) is 23.5 Å². The molecule has 1 aromatic rings. The van der Waals surface area contributed by atoms with Gasteiger partial charge in [-0.25, -0.2) is 4.39 Å². The molecule has 0 saturated heterocycles. The van der Waals surface area contributed by atoms with Crippen molar-refractivity contribution in [3.63, 3.8) is 0 Å². The van der Waals surface area contributed by atoms with E-state index in [0.29, 0.717) is 5.02 Å². The average molecular weight is 246 g/mol. The van der Waals surface area contributed by atoms with Gasteiger partial charge in [0.05, 0.1) is 6.10 Å². The van der Waals surface area contributed by atoms with E-state index in [9.17, 15) is 9.50 Å². The van der Waals surface area contributed by atoms with E-state index in [2.05, 4.69) is 0 Å². The van der Waals surface area contributed by atoms with Crippen LogP contribution in [-0.4, -0.2) is 29.6 Å². The van der Waals surface area contributed by atoms with Crippen LogP contribution in [0.2, 0.25) is 5.02 Å². The summed E-state index contributed by atoms with van der Waals surface area (Å²) in [4.78, 5) is 1.85. The molecule has 1 aromatic carbocycles. The summed E-state index contributed by atoms with van der Waals surface area (Å²) in [6.45, 7) is 3.71. The maximum atomic E-state index is 13.6. The molecule has 0 aromatic heterocycles. The molecule has 16 heavy (non-hydrogen) atoms. The number of likely N-dealkylation sites (N-methyl/N-ethyl adjacent to an activating group) is 1. The van der Waals surface area contributed by atoms with Gasteiger partial charge in [0.1, 0.15) is 5.82 Å². The Morgan fingerprint density at radius 2 is 1.94 bits per heavy atom. The van der Waals surface area contributed by atoms with Crippen molar-refractivity contribution < 1.29 is 9.50 Å². The molecule has 0 aliphatic rings. The Morgan fingerprint density at radius 1 is 1.38 bits per heavy atom. The van der Waals surface area contributed by atoms with Crippen LogP contribution in [0, 0.1) is 5.82 Å². The van der Waals surface area contributed by atoms with Crippen LogP contribution in [0.4, 0.5) is 4.39 Å². The van der Waals surface area contributed by atoms with Crippen molar-refractivity contribution in [2.75, 3.05) is 14.1 Å². The Morgan fingerprint density at radius 3 is 2.38 bits per heavy atom. The molecule has 90 valence electrons. The molecule has 0 heterocycles. The second-order valence-corrected chi connectivity index (χ2v) is 5.05. The molecule has 1 N–H and O–H groups in total. The third kappa shape index (κ3) is 2.54. The normalized spacial score (nSPS) is 14.2. The molecular weight excluding hydrogens is 229 g/mol. The molecule has 0 saturated carbocycles. The highest BCUT2D eigenvalue weighted by atomic mass is 35.5. The fraction of sp³-hybridized carbons (Fsp3) is 0.500. The van der Waals surface area contributed by atoms with Gasteiger partial charge < -0.3 is 10.0 Å². The number of benzene rings is 1. The molecule has 1 unspecified atom stereocenters. The van der Waals surface area contributed by atoms with Gasteiger partial charge in [0.2, 0.25) is 0 Å². The minimum absolute atomic E-state index is 0.267. The first-order valence-corrected chi connectivity index (χ1v) is 5.45. The zero-order valence-corrected chi connectivity index (χ0v) is 10.7. The van der Waals surface area contributed by atoms with Gasteiger partial charge in [-0.15, -0.1) is 0 Å². The summed E-state index contributed by atoms with van der Waals surface area (Å²) in [5.74, 6) is -0.477. The van der Waals surface area contributed by atoms with E-state index in [1.54, 1.807) is 6.07 Å². The Hall–Kier alpha value is -0.640. The summed E-state index contributed by atoms with van der Waals surface area (Å²) in [6, 6.07) is 4.31. The van der Waals surface area contributed by atoms with Crippen molar-refractivity contribution in [3.8, 4) is 0 Å². The van der Waals surface area contributed by atoms with Gasteiger partial charge in [0, 0.05) is 16.1 Å². The fourth-order valence-electron chi connectivity index (χ4n) is 1.35. The Labute approximate surface area is 101 Å². The smallest absolute Gasteiger partial charge is 0.130 e. The minimum atomic E-state index is -0.903. The number of halogens is 2. The standard InChI is InChI=1S/C12H17ClFNO/c1-12(2,15(3)4)11(16)9-6-5-8(13)7-10(9)14/h5-7,11,16H,1-4H3. The van der Waals surface area contributed by atoms with Crippen molar-refractivity contribution in [2.45, 2.75) is 25.5 Å². The van der Waals surface area contributed by atoms with E-state index in [4.69, 9.17) is 11.6 Å². The van der Waals surface area contributed by atoms with E-state index >= 15 is 0 Å². The Balaban J connectivity index is 3.10. The zero-order valence-electron chi connectivity index (χ0n) is 9.96. The molecule has 0 radical (unpaired) electrons. The molecular formula is C12H17ClFNO. The van der Waals surface area contributed by atoms with Crippen LogP contribution in [0.15, 0.2) is 18.2 Å². The average Bonchev–Trinajstić information content (AvgIpc) is 2.16. The Kier molecular flexibility index (Phi) is 3.94. The summed E-state index contributed by atoms with van der Waals surface area (Å²) < 4.78 is 13.6. The molecule has 0 bridgehead atoms. The number of rotatable bonds is 3. The maximum Gasteiger partial charge on any atom is 0.130 e. The van der Waals surface area contributed by atoms with E-state index in [-0.39, 0.29) is 5.56 Å². The van der Waals surface area contributed by atoms with Crippen LogP contribution in [-0.2, 0) is 0 Å². The van der Waals surface area contributed by atoms with Crippen LogP contribution in [0.1, 0.15) is 25.5 Å². The Bertz CT molecular complexity index is 379. The van der Waals surface area contributed by atoms with Gasteiger partial charge in [-0.1, -0.05) is 17.7 Å². The van der Waals surface area contributed by atoms with Gasteiger partial charge in [0.25, 0.3) is 0 Å². The molecule has 0 fully saturated rings. The SMILES string of the molecule is CN(C)C(C)(C)C(O)c1ccc(Cl)cc1F. The summed E-state index contributed by atoms with van der Waals surface area (Å²) in [6.07, 6.45) is -0.903. The van der Waals surface area contributed by atoms with Crippen LogP contribution in [0.25, 0.3) is 0 Å². The van der Waals surface area contributed by atoms with E-state index < -0.39 is 17.5 Å². The highest BCUT2D eigenvalue weighted by molar-refractivity contribution is 6.30. The summed E-state index contributed by atoms with van der Waals surface area (Å²) in [5.41, 5.74) is -0.280. The second-order valence-electron chi connectivity index (χ2n) is 4.62. The molecule has 4 heteroatoms. The first-order chi connectivity index (χ1) is 7.26. The van der Waals surface area contributed by atoms with Gasteiger partial charge in [-0.3, -0.25) is 0 Å². The van der Waals surface area contributed by atoms with Crippen LogP contribution in [0.5, 0.6) is 0 Å². The molecule has 0 aliphatic carbocycles. The summed E-state index contributed by atoms with van der Waals surface area (Å²) in [7, 11) is 3.69. The van der Waals surface area contributed by atoms with E-state index in [0.717, 1.165) is 0 Å². The van der Waals surface area contributed by atoms with Crippen LogP contribution >= 0.6 is 11.6 Å². The first kappa shape index (κ1) is 13.4. The third-order valence-corrected chi connectivity index (χ3v) is 3.31. The number of hydrogen-bond donors (Lipinski definition) is 1.